The van der Waals surface area contributed by atoms with Gasteiger partial charge >= 0.3 is 5.63 Å². The summed E-state index contributed by atoms with van der Waals surface area (Å²) in [5.41, 5.74) is 1.24. The van der Waals surface area contributed by atoms with Gasteiger partial charge in [-0.25, -0.2) is 4.79 Å². The van der Waals surface area contributed by atoms with E-state index in [0.29, 0.717) is 25.2 Å². The average molecular weight is 420 g/mol. The predicted octanol–water partition coefficient (Wildman–Crippen LogP) is 1.98. The number of carbonyl (C=O) groups is 1. The Morgan fingerprint density at radius 1 is 1.23 bits per heavy atom. The van der Waals surface area contributed by atoms with Crippen LogP contribution < -0.4 is 10.9 Å². The molecule has 1 aromatic heterocycles. The first kappa shape index (κ1) is 18.8. The lowest BCUT2D eigenvalue weighted by molar-refractivity contribution is -0.122. The van der Waals surface area contributed by atoms with Crippen LogP contribution in [-0.4, -0.2) is 55.0 Å². The average Bonchev–Trinajstić information content (AvgIpc) is 2.61. The van der Waals surface area contributed by atoms with Crippen molar-refractivity contribution >= 4 is 32.8 Å². The Kier molecular flexibility index (Phi) is 6.24. The summed E-state index contributed by atoms with van der Waals surface area (Å²) in [5, 5.41) is 3.76. The molecule has 1 amide bonds. The molecule has 0 bridgehead atoms. The van der Waals surface area contributed by atoms with Crippen molar-refractivity contribution in [2.75, 3.05) is 39.3 Å². The van der Waals surface area contributed by atoms with Crippen molar-refractivity contribution in [3.8, 4) is 0 Å². The fourth-order valence-electron chi connectivity index (χ4n) is 3.13. The lowest BCUT2D eigenvalue weighted by atomic mass is 10.1. The molecular weight excluding hydrogens is 398 g/mol. The molecule has 0 atom stereocenters. The van der Waals surface area contributed by atoms with Gasteiger partial charge in [0.1, 0.15) is 5.58 Å². The zero-order chi connectivity index (χ0) is 18.5. The highest BCUT2D eigenvalue weighted by molar-refractivity contribution is 9.10. The second-order valence-corrected chi connectivity index (χ2v) is 7.29. The molecule has 0 aliphatic carbocycles. The number of fused-ring (bicyclic) bond motifs is 1. The molecule has 6 nitrogen and oxygen atoms in total. The number of carbonyl (C=O) groups excluding carboxylic acids is 1. The molecule has 0 saturated carbocycles. The van der Waals surface area contributed by atoms with Crippen LogP contribution in [0.15, 0.2) is 50.6 Å². The van der Waals surface area contributed by atoms with E-state index in [1.54, 1.807) is 12.1 Å². The molecule has 138 valence electrons. The molecule has 0 radical (unpaired) electrons. The summed E-state index contributed by atoms with van der Waals surface area (Å²) in [7, 11) is 0. The molecule has 1 N–H and O–H groups in total. The molecule has 0 unspecified atom stereocenters. The van der Waals surface area contributed by atoms with E-state index in [2.05, 4.69) is 37.6 Å². The summed E-state index contributed by atoms with van der Waals surface area (Å²) in [6.07, 6.45) is 1.68. The molecule has 2 heterocycles. The van der Waals surface area contributed by atoms with Gasteiger partial charge in [0.15, 0.2) is 0 Å². The second-order valence-electron chi connectivity index (χ2n) is 6.38. The molecule has 1 aliphatic rings. The van der Waals surface area contributed by atoms with Crippen LogP contribution in [0.1, 0.15) is 5.56 Å². The van der Waals surface area contributed by atoms with Crippen LogP contribution >= 0.6 is 15.9 Å². The van der Waals surface area contributed by atoms with Crippen LogP contribution in [0.5, 0.6) is 0 Å². The number of piperazine rings is 1. The normalized spacial score (nSPS) is 15.9. The van der Waals surface area contributed by atoms with Crippen molar-refractivity contribution in [2.45, 2.75) is 6.54 Å². The molecule has 7 heteroatoms. The predicted molar refractivity (Wildman–Crippen MR) is 105 cm³/mol. The zero-order valence-electron chi connectivity index (χ0n) is 14.5. The van der Waals surface area contributed by atoms with Gasteiger partial charge in [-0.15, -0.1) is 6.58 Å². The van der Waals surface area contributed by atoms with Gasteiger partial charge in [-0.3, -0.25) is 14.6 Å². The van der Waals surface area contributed by atoms with Crippen LogP contribution in [-0.2, 0) is 11.3 Å². The van der Waals surface area contributed by atoms with Gasteiger partial charge in [0.2, 0.25) is 5.91 Å². The van der Waals surface area contributed by atoms with E-state index < -0.39 is 0 Å². The summed E-state index contributed by atoms with van der Waals surface area (Å²) in [5.74, 6) is 0.0237. The first-order chi connectivity index (χ1) is 12.5. The van der Waals surface area contributed by atoms with Crippen molar-refractivity contribution in [1.29, 1.82) is 0 Å². The van der Waals surface area contributed by atoms with Gasteiger partial charge < -0.3 is 9.73 Å². The number of hydrogen-bond donors (Lipinski definition) is 1. The highest BCUT2D eigenvalue weighted by Gasteiger charge is 2.20. The number of hydrogen-bond acceptors (Lipinski definition) is 5. The molecule has 26 heavy (non-hydrogen) atoms. The quantitative estimate of drug-likeness (QED) is 0.572. The van der Waals surface area contributed by atoms with Crippen LogP contribution in [0.4, 0.5) is 0 Å². The number of rotatable bonds is 6. The molecule has 1 saturated heterocycles. The van der Waals surface area contributed by atoms with Crippen molar-refractivity contribution in [2.24, 2.45) is 0 Å². The van der Waals surface area contributed by atoms with E-state index in [4.69, 9.17) is 4.42 Å². The van der Waals surface area contributed by atoms with E-state index >= 15 is 0 Å². The van der Waals surface area contributed by atoms with E-state index in [-0.39, 0.29) is 11.5 Å². The Hall–Kier alpha value is -1.96. The number of benzene rings is 1. The maximum Gasteiger partial charge on any atom is 0.336 e. The Bertz CT molecular complexity index is 857. The largest absolute Gasteiger partial charge is 0.423 e. The number of nitrogens with one attached hydrogen (secondary N) is 1. The lowest BCUT2D eigenvalue weighted by Crippen LogP contribution is -2.49. The Balaban J connectivity index is 1.61. The second kappa shape index (κ2) is 8.62. The smallest absolute Gasteiger partial charge is 0.336 e. The minimum Gasteiger partial charge on any atom is -0.423 e. The van der Waals surface area contributed by atoms with Crippen molar-refractivity contribution in [3.63, 3.8) is 0 Å². The fraction of sp³-hybridized carbons (Fsp3) is 0.368. The SMILES string of the molecule is C=CCNC(=O)CN1CCN(Cc2cc(=O)oc3cc(Br)ccc23)CC1. The first-order valence-electron chi connectivity index (χ1n) is 8.60. The van der Waals surface area contributed by atoms with Crippen LogP contribution in [0.25, 0.3) is 11.0 Å². The molecule has 2 aromatic rings. The Labute approximate surface area is 160 Å². The standard InChI is InChI=1S/C19H22BrN3O3/c1-2-5-21-18(24)13-23-8-6-22(7-9-23)12-14-10-19(25)26-17-11-15(20)3-4-16(14)17/h2-4,10-11H,1,5-9,12-13H2,(H,21,24). The third-order valence-electron chi connectivity index (χ3n) is 4.46. The Morgan fingerprint density at radius 2 is 1.96 bits per heavy atom. The summed E-state index contributed by atoms with van der Waals surface area (Å²) in [6.45, 7) is 8.56. The van der Waals surface area contributed by atoms with Gasteiger partial charge in [-0.05, 0) is 23.8 Å². The Morgan fingerprint density at radius 3 is 2.69 bits per heavy atom. The van der Waals surface area contributed by atoms with Crippen molar-refractivity contribution in [3.05, 3.63) is 57.4 Å². The third kappa shape index (κ3) is 4.81. The molecule has 1 aromatic carbocycles. The maximum atomic E-state index is 11.9. The zero-order valence-corrected chi connectivity index (χ0v) is 16.1. The highest BCUT2D eigenvalue weighted by Crippen LogP contribution is 2.23. The van der Waals surface area contributed by atoms with Gasteiger partial charge in [0.25, 0.3) is 0 Å². The third-order valence-corrected chi connectivity index (χ3v) is 4.96. The van der Waals surface area contributed by atoms with Crippen LogP contribution in [0.2, 0.25) is 0 Å². The van der Waals surface area contributed by atoms with Crippen LogP contribution in [0.3, 0.4) is 0 Å². The monoisotopic (exact) mass is 419 g/mol. The molecule has 0 spiro atoms. The van der Waals surface area contributed by atoms with Gasteiger partial charge in [0, 0.05) is 55.2 Å². The fourth-order valence-corrected chi connectivity index (χ4v) is 3.47. The van der Waals surface area contributed by atoms with Gasteiger partial charge in [-0.2, -0.15) is 0 Å². The summed E-state index contributed by atoms with van der Waals surface area (Å²) in [4.78, 5) is 28.1. The minimum atomic E-state index is -0.330. The number of nitrogens with zero attached hydrogens (tertiary/aromatic N) is 2. The summed E-state index contributed by atoms with van der Waals surface area (Å²) in [6, 6.07) is 7.31. The molecule has 1 fully saturated rings. The van der Waals surface area contributed by atoms with Gasteiger partial charge in [-0.1, -0.05) is 22.0 Å². The molecular formula is C19H22BrN3O3. The van der Waals surface area contributed by atoms with E-state index in [9.17, 15) is 9.59 Å². The topological polar surface area (TPSA) is 65.8 Å². The van der Waals surface area contributed by atoms with Crippen molar-refractivity contribution < 1.29 is 9.21 Å². The van der Waals surface area contributed by atoms with Crippen molar-refractivity contribution in [1.82, 2.24) is 15.1 Å². The summed E-state index contributed by atoms with van der Waals surface area (Å²) < 4.78 is 6.18. The van der Waals surface area contributed by atoms with E-state index in [1.165, 1.54) is 0 Å². The van der Waals surface area contributed by atoms with Crippen LogP contribution in [0, 0.1) is 0 Å². The van der Waals surface area contributed by atoms with E-state index in [0.717, 1.165) is 41.6 Å². The van der Waals surface area contributed by atoms with E-state index in [1.807, 2.05) is 18.2 Å². The molecule has 1 aliphatic heterocycles. The first-order valence-corrected chi connectivity index (χ1v) is 9.39. The highest BCUT2D eigenvalue weighted by atomic mass is 79.9. The maximum absolute atomic E-state index is 11.9. The summed E-state index contributed by atoms with van der Waals surface area (Å²) >= 11 is 3.41. The minimum absolute atomic E-state index is 0.0237. The lowest BCUT2D eigenvalue weighted by Gasteiger charge is -2.34. The number of amides is 1. The number of halogens is 1. The molecule has 3 rings (SSSR count). The van der Waals surface area contributed by atoms with Gasteiger partial charge in [0.05, 0.1) is 6.54 Å².